The molecular weight excluding hydrogens is 262 g/mol. The van der Waals surface area contributed by atoms with Gasteiger partial charge in [0.25, 0.3) is 0 Å². The van der Waals surface area contributed by atoms with Crippen LogP contribution in [0.3, 0.4) is 0 Å². The van der Waals surface area contributed by atoms with Crippen LogP contribution in [0.1, 0.15) is 13.8 Å². The second-order valence-electron chi connectivity index (χ2n) is 5.55. The minimum Gasteiger partial charge on any atom is -0.492 e. The number of halogens is 1. The van der Waals surface area contributed by atoms with E-state index >= 15 is 0 Å². The number of rotatable bonds is 5. The van der Waals surface area contributed by atoms with Gasteiger partial charge in [-0.1, -0.05) is 18.2 Å². The summed E-state index contributed by atoms with van der Waals surface area (Å²) in [5, 5.41) is 0. The lowest BCUT2D eigenvalue weighted by molar-refractivity contribution is -0.128. The van der Waals surface area contributed by atoms with Crippen LogP contribution >= 0.6 is 11.6 Å². The summed E-state index contributed by atoms with van der Waals surface area (Å²) in [6.45, 7) is 7.60. The van der Waals surface area contributed by atoms with Crippen molar-refractivity contribution < 1.29 is 9.47 Å². The molecule has 2 rings (SSSR count). The maximum Gasteiger partial charge on any atom is 0.119 e. The Labute approximate surface area is 120 Å². The Kier molecular flexibility index (Phi) is 5.08. The van der Waals surface area contributed by atoms with Gasteiger partial charge in [0.05, 0.1) is 11.7 Å². The molecule has 0 aromatic heterocycles. The second-order valence-corrected chi connectivity index (χ2v) is 5.86. The Hall–Kier alpha value is -0.770. The van der Waals surface area contributed by atoms with Crippen LogP contribution in [0.2, 0.25) is 0 Å². The van der Waals surface area contributed by atoms with Crippen LogP contribution in [0.25, 0.3) is 0 Å². The highest BCUT2D eigenvalue weighted by Gasteiger charge is 2.32. The zero-order chi connectivity index (χ0) is 13.7. The summed E-state index contributed by atoms with van der Waals surface area (Å²) >= 11 is 5.92. The second kappa shape index (κ2) is 6.60. The summed E-state index contributed by atoms with van der Waals surface area (Å²) < 4.78 is 11.6. The fourth-order valence-corrected chi connectivity index (χ4v) is 2.64. The number of nitrogens with zero attached hydrogens (tertiary/aromatic N) is 1. The molecule has 1 fully saturated rings. The van der Waals surface area contributed by atoms with Crippen LogP contribution < -0.4 is 4.74 Å². The van der Waals surface area contributed by atoms with Crippen LogP contribution in [0.5, 0.6) is 5.75 Å². The molecule has 3 nitrogen and oxygen atoms in total. The van der Waals surface area contributed by atoms with Crippen molar-refractivity contribution in [3.8, 4) is 5.75 Å². The average molecular weight is 284 g/mol. The van der Waals surface area contributed by atoms with Gasteiger partial charge in [-0.3, -0.25) is 4.90 Å². The lowest BCUT2D eigenvalue weighted by Crippen LogP contribution is -2.54. The summed E-state index contributed by atoms with van der Waals surface area (Å²) in [6, 6.07) is 9.91. The van der Waals surface area contributed by atoms with Crippen molar-refractivity contribution in [2.75, 3.05) is 32.1 Å². The molecule has 1 aliphatic rings. The topological polar surface area (TPSA) is 21.7 Å². The lowest BCUT2D eigenvalue weighted by Gasteiger charge is -2.42. The van der Waals surface area contributed by atoms with Crippen molar-refractivity contribution in [3.63, 3.8) is 0 Å². The molecule has 1 aromatic rings. The first-order valence-corrected chi connectivity index (χ1v) is 7.26. The molecule has 106 valence electrons. The predicted octanol–water partition coefficient (Wildman–Crippen LogP) is 2.78. The molecule has 4 heteroatoms. The number of alkyl halides is 1. The van der Waals surface area contributed by atoms with E-state index in [0.717, 1.165) is 25.4 Å². The van der Waals surface area contributed by atoms with E-state index in [-0.39, 0.29) is 11.7 Å². The SMILES string of the molecule is CC1(C)CN(CCOc2ccccc2)CC(CCl)O1. The molecule has 0 radical (unpaired) electrons. The third-order valence-electron chi connectivity index (χ3n) is 3.14. The number of ether oxygens (including phenoxy) is 2. The van der Waals surface area contributed by atoms with Gasteiger partial charge in [0.15, 0.2) is 0 Å². The average Bonchev–Trinajstić information content (AvgIpc) is 2.38. The van der Waals surface area contributed by atoms with Crippen LogP contribution in [0.15, 0.2) is 30.3 Å². The van der Waals surface area contributed by atoms with Gasteiger partial charge in [-0.15, -0.1) is 11.6 Å². The highest BCUT2D eigenvalue weighted by atomic mass is 35.5. The molecular formula is C15H22ClNO2. The molecule has 1 atom stereocenters. The van der Waals surface area contributed by atoms with Gasteiger partial charge in [-0.2, -0.15) is 0 Å². The van der Waals surface area contributed by atoms with E-state index in [4.69, 9.17) is 21.1 Å². The van der Waals surface area contributed by atoms with E-state index in [9.17, 15) is 0 Å². The maximum atomic E-state index is 5.92. The zero-order valence-corrected chi connectivity index (χ0v) is 12.4. The molecule has 0 saturated carbocycles. The Morgan fingerprint density at radius 2 is 2.11 bits per heavy atom. The minimum atomic E-state index is -0.134. The van der Waals surface area contributed by atoms with Crippen molar-refractivity contribution in [1.82, 2.24) is 4.90 Å². The number of para-hydroxylation sites is 1. The van der Waals surface area contributed by atoms with Gasteiger partial charge in [0.1, 0.15) is 12.4 Å². The van der Waals surface area contributed by atoms with Crippen molar-refractivity contribution >= 4 is 11.6 Å². The Morgan fingerprint density at radius 1 is 1.37 bits per heavy atom. The van der Waals surface area contributed by atoms with E-state index in [1.807, 2.05) is 30.3 Å². The third kappa shape index (κ3) is 4.68. The molecule has 1 unspecified atom stereocenters. The normalized spacial score (nSPS) is 23.2. The fraction of sp³-hybridized carbons (Fsp3) is 0.600. The van der Waals surface area contributed by atoms with Crippen molar-refractivity contribution in [2.45, 2.75) is 25.6 Å². The molecule has 19 heavy (non-hydrogen) atoms. The van der Waals surface area contributed by atoms with E-state index in [1.54, 1.807) is 0 Å². The van der Waals surface area contributed by atoms with Crippen LogP contribution in [-0.2, 0) is 4.74 Å². The molecule has 1 heterocycles. The van der Waals surface area contributed by atoms with Crippen molar-refractivity contribution in [3.05, 3.63) is 30.3 Å². The van der Waals surface area contributed by atoms with E-state index in [2.05, 4.69) is 18.7 Å². The number of hydrogen-bond donors (Lipinski definition) is 0. The van der Waals surface area contributed by atoms with Crippen LogP contribution in [-0.4, -0.2) is 48.7 Å². The van der Waals surface area contributed by atoms with Gasteiger partial charge in [0.2, 0.25) is 0 Å². The first-order chi connectivity index (χ1) is 9.09. The van der Waals surface area contributed by atoms with E-state index in [1.165, 1.54) is 0 Å². The minimum absolute atomic E-state index is 0.113. The van der Waals surface area contributed by atoms with E-state index in [0.29, 0.717) is 12.5 Å². The van der Waals surface area contributed by atoms with Crippen molar-refractivity contribution in [1.29, 1.82) is 0 Å². The Morgan fingerprint density at radius 3 is 2.79 bits per heavy atom. The summed E-state index contributed by atoms with van der Waals surface area (Å²) in [5.41, 5.74) is -0.134. The van der Waals surface area contributed by atoms with Gasteiger partial charge in [-0.05, 0) is 26.0 Å². The molecule has 1 aromatic carbocycles. The first kappa shape index (κ1) is 14.6. The molecule has 0 aliphatic carbocycles. The summed E-state index contributed by atoms with van der Waals surface area (Å²) in [4.78, 5) is 2.36. The molecule has 1 saturated heterocycles. The molecule has 0 amide bonds. The smallest absolute Gasteiger partial charge is 0.119 e. The quantitative estimate of drug-likeness (QED) is 0.776. The predicted molar refractivity (Wildman–Crippen MR) is 78.0 cm³/mol. The largest absolute Gasteiger partial charge is 0.492 e. The van der Waals surface area contributed by atoms with Gasteiger partial charge >= 0.3 is 0 Å². The van der Waals surface area contributed by atoms with E-state index < -0.39 is 0 Å². The zero-order valence-electron chi connectivity index (χ0n) is 11.6. The van der Waals surface area contributed by atoms with Gasteiger partial charge < -0.3 is 9.47 Å². The Bertz CT molecular complexity index is 383. The van der Waals surface area contributed by atoms with Gasteiger partial charge in [0, 0.05) is 25.5 Å². The molecule has 0 bridgehead atoms. The molecule has 0 N–H and O–H groups in total. The standard InChI is InChI=1S/C15H22ClNO2/c1-15(2)12-17(11-14(10-16)19-15)8-9-18-13-6-4-3-5-7-13/h3-7,14H,8-12H2,1-2H3. The maximum absolute atomic E-state index is 5.92. The number of benzene rings is 1. The first-order valence-electron chi connectivity index (χ1n) is 6.73. The highest BCUT2D eigenvalue weighted by Crippen LogP contribution is 2.21. The third-order valence-corrected chi connectivity index (χ3v) is 3.49. The number of morpholine rings is 1. The highest BCUT2D eigenvalue weighted by molar-refractivity contribution is 6.18. The monoisotopic (exact) mass is 283 g/mol. The summed E-state index contributed by atoms with van der Waals surface area (Å²) in [5.74, 6) is 1.46. The Balaban J connectivity index is 1.79. The lowest BCUT2D eigenvalue weighted by atomic mass is 10.1. The molecule has 1 aliphatic heterocycles. The molecule has 0 spiro atoms. The number of hydrogen-bond acceptors (Lipinski definition) is 3. The summed E-state index contributed by atoms with van der Waals surface area (Å²) in [7, 11) is 0. The van der Waals surface area contributed by atoms with Gasteiger partial charge in [-0.25, -0.2) is 0 Å². The summed E-state index contributed by atoms with van der Waals surface area (Å²) in [6.07, 6.45) is 0.113. The fourth-order valence-electron chi connectivity index (χ4n) is 2.48. The van der Waals surface area contributed by atoms with Crippen LogP contribution in [0.4, 0.5) is 0 Å². The van der Waals surface area contributed by atoms with Crippen LogP contribution in [0, 0.1) is 0 Å². The van der Waals surface area contributed by atoms with Crippen molar-refractivity contribution in [2.24, 2.45) is 0 Å².